The number of carbonyl (C=O) groups is 2. The number of thiophene rings is 1. The van der Waals surface area contributed by atoms with E-state index >= 15 is 0 Å². The fraction of sp³-hybridized carbons (Fsp3) is 0.429. The summed E-state index contributed by atoms with van der Waals surface area (Å²) in [5.41, 5.74) is 1.05. The van der Waals surface area contributed by atoms with Crippen molar-refractivity contribution in [1.29, 1.82) is 0 Å². The summed E-state index contributed by atoms with van der Waals surface area (Å²) in [5, 5.41) is 1.94. The van der Waals surface area contributed by atoms with Crippen molar-refractivity contribution in [2.75, 3.05) is 52.1 Å². The zero-order chi connectivity index (χ0) is 20.2. The fourth-order valence-corrected chi connectivity index (χ4v) is 5.74. The van der Waals surface area contributed by atoms with Gasteiger partial charge in [0.15, 0.2) is 0 Å². The molecule has 0 radical (unpaired) electrons. The van der Waals surface area contributed by atoms with Gasteiger partial charge < -0.3 is 14.5 Å². The highest BCUT2D eigenvalue weighted by molar-refractivity contribution is 8.00. The highest BCUT2D eigenvalue weighted by Gasteiger charge is 2.34. The molecule has 2 aliphatic rings. The average molecular weight is 432 g/mol. The lowest BCUT2D eigenvalue weighted by molar-refractivity contribution is -0.128. The van der Waals surface area contributed by atoms with Crippen LogP contribution in [0.3, 0.4) is 0 Å². The van der Waals surface area contributed by atoms with E-state index in [2.05, 4.69) is 4.90 Å². The number of amides is 2. The maximum Gasteiger partial charge on any atom is 0.264 e. The third-order valence-corrected chi connectivity index (χ3v) is 7.52. The van der Waals surface area contributed by atoms with Crippen LogP contribution in [0.1, 0.15) is 20.6 Å². The van der Waals surface area contributed by atoms with E-state index in [0.29, 0.717) is 12.3 Å². The van der Waals surface area contributed by atoms with Crippen LogP contribution in [0.25, 0.3) is 0 Å². The number of para-hydroxylation sites is 1. The van der Waals surface area contributed by atoms with Gasteiger partial charge in [0.2, 0.25) is 5.91 Å². The molecule has 1 aromatic heterocycles. The summed E-state index contributed by atoms with van der Waals surface area (Å²) in [6.07, 6.45) is 0. The first-order chi connectivity index (χ1) is 14.2. The van der Waals surface area contributed by atoms with E-state index in [9.17, 15) is 9.59 Å². The van der Waals surface area contributed by atoms with E-state index < -0.39 is 0 Å². The molecular weight excluding hydrogens is 406 g/mol. The van der Waals surface area contributed by atoms with Crippen LogP contribution in [0.2, 0.25) is 0 Å². The van der Waals surface area contributed by atoms with Crippen molar-refractivity contribution in [2.24, 2.45) is 0 Å². The molecule has 2 aromatic rings. The molecule has 2 amide bonds. The third-order valence-electron chi connectivity index (χ3n) is 5.42. The number of carbonyl (C=O) groups excluding carboxylic acids is 2. The summed E-state index contributed by atoms with van der Waals surface area (Å²) in [4.78, 5) is 32.0. The summed E-state index contributed by atoms with van der Waals surface area (Å²) >= 11 is 3.15. The minimum atomic E-state index is 0.000320. The molecule has 0 N–H and O–H groups in total. The molecule has 0 saturated carbocycles. The van der Waals surface area contributed by atoms with Gasteiger partial charge in [0.1, 0.15) is 11.1 Å². The van der Waals surface area contributed by atoms with Gasteiger partial charge in [-0.25, -0.2) is 0 Å². The predicted octanol–water partition coefficient (Wildman–Crippen LogP) is 2.79. The van der Waals surface area contributed by atoms with Crippen molar-refractivity contribution < 1.29 is 14.3 Å². The monoisotopic (exact) mass is 431 g/mol. The van der Waals surface area contributed by atoms with Crippen LogP contribution < -0.4 is 4.74 Å². The summed E-state index contributed by atoms with van der Waals surface area (Å²) < 4.78 is 5.50. The Hall–Kier alpha value is -2.03. The van der Waals surface area contributed by atoms with Gasteiger partial charge >= 0.3 is 0 Å². The second-order valence-electron chi connectivity index (χ2n) is 7.10. The second-order valence-corrected chi connectivity index (χ2v) is 9.12. The van der Waals surface area contributed by atoms with Gasteiger partial charge in [0.05, 0.1) is 17.7 Å². The first kappa shape index (κ1) is 20.3. The molecule has 2 fully saturated rings. The lowest BCUT2D eigenvalue weighted by Crippen LogP contribution is -2.50. The minimum Gasteiger partial charge on any atom is -0.496 e. The number of piperazine rings is 1. The first-order valence-electron chi connectivity index (χ1n) is 9.76. The first-order valence-corrected chi connectivity index (χ1v) is 11.7. The van der Waals surface area contributed by atoms with Crippen molar-refractivity contribution >= 4 is 34.9 Å². The van der Waals surface area contributed by atoms with Crippen LogP contribution >= 0.6 is 23.1 Å². The standard InChI is InChI=1S/C21H25N3O3S2/c1-27-17-6-3-2-5-16(17)21-24(19(25)15-29-21)13-10-22-8-11-23(12-9-22)20(26)18-7-4-14-28-18/h2-7,14,21H,8-13,15H2,1H3. The number of ether oxygens (including phenoxy) is 1. The Morgan fingerprint density at radius 2 is 1.90 bits per heavy atom. The molecule has 1 aromatic carbocycles. The van der Waals surface area contributed by atoms with E-state index in [1.165, 1.54) is 11.3 Å². The molecule has 2 saturated heterocycles. The van der Waals surface area contributed by atoms with Crippen LogP contribution in [0, 0.1) is 0 Å². The van der Waals surface area contributed by atoms with Crippen LogP contribution in [0.5, 0.6) is 5.75 Å². The Kier molecular flexibility index (Phi) is 6.42. The number of nitrogens with zero attached hydrogens (tertiary/aromatic N) is 3. The van der Waals surface area contributed by atoms with Crippen molar-refractivity contribution in [3.63, 3.8) is 0 Å². The SMILES string of the molecule is COc1ccccc1C1SCC(=O)N1CCN1CCN(C(=O)c2cccs2)CC1. The van der Waals surface area contributed by atoms with Gasteiger partial charge in [-0.2, -0.15) is 0 Å². The van der Waals surface area contributed by atoms with Gasteiger partial charge in [-0.15, -0.1) is 23.1 Å². The maximum atomic E-state index is 12.5. The highest BCUT2D eigenvalue weighted by Crippen LogP contribution is 2.42. The van der Waals surface area contributed by atoms with E-state index in [1.54, 1.807) is 18.9 Å². The molecule has 154 valence electrons. The van der Waals surface area contributed by atoms with Gasteiger partial charge in [-0.1, -0.05) is 24.3 Å². The summed E-state index contributed by atoms with van der Waals surface area (Å²) in [7, 11) is 1.67. The van der Waals surface area contributed by atoms with E-state index in [4.69, 9.17) is 4.74 Å². The summed E-state index contributed by atoms with van der Waals surface area (Å²) in [6.45, 7) is 4.65. The number of rotatable bonds is 6. The Morgan fingerprint density at radius 3 is 2.62 bits per heavy atom. The van der Waals surface area contributed by atoms with E-state index in [-0.39, 0.29) is 17.2 Å². The van der Waals surface area contributed by atoms with Gasteiger partial charge in [0, 0.05) is 44.8 Å². The molecule has 4 rings (SSSR count). The highest BCUT2D eigenvalue weighted by atomic mass is 32.2. The lowest BCUT2D eigenvalue weighted by atomic mass is 10.2. The Bertz CT molecular complexity index is 851. The number of methoxy groups -OCH3 is 1. The zero-order valence-corrected chi connectivity index (χ0v) is 18.1. The smallest absolute Gasteiger partial charge is 0.264 e. The second kappa shape index (κ2) is 9.19. The predicted molar refractivity (Wildman–Crippen MR) is 117 cm³/mol. The van der Waals surface area contributed by atoms with E-state index in [0.717, 1.165) is 48.9 Å². The third kappa shape index (κ3) is 4.44. The topological polar surface area (TPSA) is 53.1 Å². The number of thioether (sulfide) groups is 1. The molecule has 1 atom stereocenters. The van der Waals surface area contributed by atoms with Crippen molar-refractivity contribution in [1.82, 2.24) is 14.7 Å². The molecule has 0 aliphatic carbocycles. The molecule has 1 unspecified atom stereocenters. The molecule has 3 heterocycles. The quantitative estimate of drug-likeness (QED) is 0.704. The average Bonchev–Trinajstić information content (AvgIpc) is 3.42. The largest absolute Gasteiger partial charge is 0.496 e. The molecule has 2 aliphatic heterocycles. The van der Waals surface area contributed by atoms with Crippen molar-refractivity contribution in [3.8, 4) is 5.75 Å². The van der Waals surface area contributed by atoms with Crippen LogP contribution in [0.15, 0.2) is 41.8 Å². The van der Waals surface area contributed by atoms with Gasteiger partial charge in [0.25, 0.3) is 5.91 Å². The Balaban J connectivity index is 1.33. The summed E-state index contributed by atoms with van der Waals surface area (Å²) in [5.74, 6) is 1.64. The van der Waals surface area contributed by atoms with Crippen LogP contribution in [-0.2, 0) is 4.79 Å². The van der Waals surface area contributed by atoms with E-state index in [1.807, 2.05) is 51.6 Å². The molecular formula is C21H25N3O3S2. The summed E-state index contributed by atoms with van der Waals surface area (Å²) in [6, 6.07) is 11.7. The van der Waals surface area contributed by atoms with Crippen LogP contribution in [-0.4, -0.2) is 78.6 Å². The van der Waals surface area contributed by atoms with Crippen LogP contribution in [0.4, 0.5) is 0 Å². The lowest BCUT2D eigenvalue weighted by Gasteiger charge is -2.36. The molecule has 6 nitrogen and oxygen atoms in total. The number of benzene rings is 1. The fourth-order valence-electron chi connectivity index (χ4n) is 3.80. The minimum absolute atomic E-state index is 0.000320. The Morgan fingerprint density at radius 1 is 1.10 bits per heavy atom. The molecule has 8 heteroatoms. The number of hydrogen-bond acceptors (Lipinski definition) is 6. The normalized spacial score (nSPS) is 20.3. The molecule has 0 spiro atoms. The van der Waals surface area contributed by atoms with Crippen molar-refractivity contribution in [3.05, 3.63) is 52.2 Å². The molecule has 29 heavy (non-hydrogen) atoms. The number of hydrogen-bond donors (Lipinski definition) is 0. The Labute approximate surface area is 179 Å². The zero-order valence-electron chi connectivity index (χ0n) is 16.5. The maximum absolute atomic E-state index is 12.5. The van der Waals surface area contributed by atoms with Gasteiger partial charge in [-0.3, -0.25) is 14.5 Å². The molecule has 0 bridgehead atoms. The van der Waals surface area contributed by atoms with Gasteiger partial charge in [-0.05, 0) is 17.5 Å². The van der Waals surface area contributed by atoms with Crippen molar-refractivity contribution in [2.45, 2.75) is 5.37 Å².